The van der Waals surface area contributed by atoms with E-state index in [0.717, 1.165) is 11.4 Å². The molecule has 2 aromatic heterocycles. The molecule has 82 valence electrons. The van der Waals surface area contributed by atoms with Crippen molar-refractivity contribution in [2.45, 2.75) is 13.8 Å². The van der Waals surface area contributed by atoms with Gasteiger partial charge in [-0.15, -0.1) is 0 Å². The Morgan fingerprint density at radius 3 is 2.50 bits per heavy atom. The number of imidazole rings is 1. The van der Waals surface area contributed by atoms with Gasteiger partial charge < -0.3 is 5.73 Å². The number of rotatable bonds is 2. The van der Waals surface area contributed by atoms with Crippen LogP contribution in [0.15, 0.2) is 18.7 Å². The molecule has 0 amide bonds. The number of nitrogens with two attached hydrogens (primary N) is 1. The van der Waals surface area contributed by atoms with Gasteiger partial charge in [0.1, 0.15) is 17.9 Å². The maximum absolute atomic E-state index is 7.44. The van der Waals surface area contributed by atoms with Gasteiger partial charge in [0.2, 0.25) is 0 Å². The molecular weight excluding hydrogens is 204 g/mol. The Bertz CT molecular complexity index is 542. The second kappa shape index (κ2) is 3.73. The summed E-state index contributed by atoms with van der Waals surface area (Å²) in [5.74, 6) is 0.432. The Balaban J connectivity index is 2.64. The molecule has 0 aliphatic rings. The first-order valence-corrected chi connectivity index (χ1v) is 4.77. The highest BCUT2D eigenvalue weighted by Crippen LogP contribution is 2.13. The van der Waals surface area contributed by atoms with Gasteiger partial charge in [-0.05, 0) is 13.8 Å². The molecule has 0 aromatic carbocycles. The highest BCUT2D eigenvalue weighted by Gasteiger charge is 2.12. The summed E-state index contributed by atoms with van der Waals surface area (Å²) in [7, 11) is 0. The van der Waals surface area contributed by atoms with E-state index in [4.69, 9.17) is 11.1 Å². The first-order chi connectivity index (χ1) is 7.61. The molecule has 2 rings (SSSR count). The standard InChI is InChI=1S/C10H12N6/c1-6-7(2)16(5-15-6)10-8(9(11)12)13-3-4-14-10/h3-5H,1-2H3,(H3,11,12). The van der Waals surface area contributed by atoms with Gasteiger partial charge >= 0.3 is 0 Å². The highest BCUT2D eigenvalue weighted by atomic mass is 15.1. The molecular formula is C10H12N6. The van der Waals surface area contributed by atoms with E-state index in [1.165, 1.54) is 6.20 Å². The monoisotopic (exact) mass is 216 g/mol. The van der Waals surface area contributed by atoms with E-state index in [2.05, 4.69) is 15.0 Å². The summed E-state index contributed by atoms with van der Waals surface area (Å²) in [4.78, 5) is 12.4. The summed E-state index contributed by atoms with van der Waals surface area (Å²) in [5.41, 5.74) is 7.70. The maximum atomic E-state index is 7.44. The summed E-state index contributed by atoms with van der Waals surface area (Å²) >= 11 is 0. The lowest BCUT2D eigenvalue weighted by molar-refractivity contribution is 0.925. The smallest absolute Gasteiger partial charge is 0.168 e. The van der Waals surface area contributed by atoms with E-state index in [0.29, 0.717) is 11.5 Å². The minimum Gasteiger partial charge on any atom is -0.382 e. The first kappa shape index (κ1) is 10.3. The molecule has 6 heteroatoms. The van der Waals surface area contributed by atoms with Crippen LogP contribution in [0.2, 0.25) is 0 Å². The molecule has 0 saturated carbocycles. The fourth-order valence-electron chi connectivity index (χ4n) is 1.41. The van der Waals surface area contributed by atoms with Crippen LogP contribution in [0, 0.1) is 19.3 Å². The van der Waals surface area contributed by atoms with E-state index in [1.54, 1.807) is 17.1 Å². The molecule has 3 N–H and O–H groups in total. The summed E-state index contributed by atoms with van der Waals surface area (Å²) in [6.07, 6.45) is 4.73. The Morgan fingerprint density at radius 2 is 1.94 bits per heavy atom. The lowest BCUT2D eigenvalue weighted by Gasteiger charge is -2.07. The highest BCUT2D eigenvalue weighted by molar-refractivity contribution is 5.95. The zero-order valence-electron chi connectivity index (χ0n) is 9.10. The molecule has 0 saturated heterocycles. The van der Waals surface area contributed by atoms with Gasteiger partial charge in [0.15, 0.2) is 5.82 Å². The van der Waals surface area contributed by atoms with Crippen LogP contribution in [-0.2, 0) is 0 Å². The number of aromatic nitrogens is 4. The fourth-order valence-corrected chi connectivity index (χ4v) is 1.41. The lowest BCUT2D eigenvalue weighted by atomic mass is 10.3. The molecule has 0 atom stereocenters. The maximum Gasteiger partial charge on any atom is 0.168 e. The third-order valence-corrected chi connectivity index (χ3v) is 2.41. The third kappa shape index (κ3) is 1.54. The van der Waals surface area contributed by atoms with E-state index in [9.17, 15) is 0 Å². The van der Waals surface area contributed by atoms with Crippen molar-refractivity contribution in [3.05, 3.63) is 35.8 Å². The van der Waals surface area contributed by atoms with Gasteiger partial charge in [0.05, 0.1) is 5.69 Å². The minimum absolute atomic E-state index is 0.103. The SMILES string of the molecule is Cc1ncn(-c2nccnc2C(=N)N)c1C. The van der Waals surface area contributed by atoms with Crippen LogP contribution >= 0.6 is 0 Å². The zero-order valence-corrected chi connectivity index (χ0v) is 9.10. The molecule has 0 aliphatic carbocycles. The number of nitrogens with zero attached hydrogens (tertiary/aromatic N) is 4. The molecule has 0 unspecified atom stereocenters. The molecule has 2 aromatic rings. The number of amidine groups is 1. The van der Waals surface area contributed by atoms with Crippen molar-refractivity contribution in [3.8, 4) is 5.82 Å². The van der Waals surface area contributed by atoms with Crippen molar-refractivity contribution in [1.29, 1.82) is 5.41 Å². The van der Waals surface area contributed by atoms with Crippen molar-refractivity contribution in [2.24, 2.45) is 5.73 Å². The van der Waals surface area contributed by atoms with Gasteiger partial charge in [-0.25, -0.2) is 15.0 Å². The van der Waals surface area contributed by atoms with Gasteiger partial charge in [-0.2, -0.15) is 0 Å². The second-order valence-corrected chi connectivity index (χ2v) is 3.43. The zero-order chi connectivity index (χ0) is 11.7. The number of hydrogen-bond acceptors (Lipinski definition) is 4. The fraction of sp³-hybridized carbons (Fsp3) is 0.200. The predicted octanol–water partition coefficient (Wildman–Crippen LogP) is 0.563. The van der Waals surface area contributed by atoms with E-state index in [1.807, 2.05) is 13.8 Å². The lowest BCUT2D eigenvalue weighted by Crippen LogP contribution is -2.18. The quantitative estimate of drug-likeness (QED) is 0.566. The Labute approximate surface area is 92.7 Å². The summed E-state index contributed by atoms with van der Waals surface area (Å²) in [6, 6.07) is 0. The Hall–Kier alpha value is -2.24. The van der Waals surface area contributed by atoms with Crippen LogP contribution in [0.3, 0.4) is 0 Å². The Kier molecular flexibility index (Phi) is 2.40. The normalized spacial score (nSPS) is 10.4. The minimum atomic E-state index is -0.103. The van der Waals surface area contributed by atoms with Gasteiger partial charge in [-0.1, -0.05) is 0 Å². The molecule has 0 aliphatic heterocycles. The summed E-state index contributed by atoms with van der Waals surface area (Å²) in [5, 5.41) is 7.44. The first-order valence-electron chi connectivity index (χ1n) is 4.77. The molecule has 0 spiro atoms. The third-order valence-electron chi connectivity index (χ3n) is 2.41. The topological polar surface area (TPSA) is 93.5 Å². The van der Waals surface area contributed by atoms with Crippen LogP contribution in [0.5, 0.6) is 0 Å². The number of aryl methyl sites for hydroxylation is 1. The Morgan fingerprint density at radius 1 is 1.25 bits per heavy atom. The van der Waals surface area contributed by atoms with Crippen LogP contribution in [0.25, 0.3) is 5.82 Å². The predicted molar refractivity (Wildman–Crippen MR) is 59.6 cm³/mol. The molecule has 0 bridgehead atoms. The van der Waals surface area contributed by atoms with Gasteiger partial charge in [0.25, 0.3) is 0 Å². The summed E-state index contributed by atoms with van der Waals surface area (Å²) < 4.78 is 1.78. The molecule has 6 nitrogen and oxygen atoms in total. The summed E-state index contributed by atoms with van der Waals surface area (Å²) in [6.45, 7) is 3.84. The van der Waals surface area contributed by atoms with Gasteiger partial charge in [0, 0.05) is 18.1 Å². The van der Waals surface area contributed by atoms with E-state index < -0.39 is 0 Å². The average molecular weight is 216 g/mol. The van der Waals surface area contributed by atoms with E-state index in [-0.39, 0.29) is 5.84 Å². The van der Waals surface area contributed by atoms with Crippen molar-refractivity contribution < 1.29 is 0 Å². The van der Waals surface area contributed by atoms with Crippen molar-refractivity contribution >= 4 is 5.84 Å². The van der Waals surface area contributed by atoms with Gasteiger partial charge in [-0.3, -0.25) is 9.98 Å². The van der Waals surface area contributed by atoms with E-state index >= 15 is 0 Å². The number of nitrogens with one attached hydrogen (secondary N) is 1. The molecule has 2 heterocycles. The molecule has 0 radical (unpaired) electrons. The number of nitrogen functional groups attached to an aromatic ring is 1. The van der Waals surface area contributed by atoms with Crippen molar-refractivity contribution in [2.75, 3.05) is 0 Å². The van der Waals surface area contributed by atoms with Crippen LogP contribution in [0.4, 0.5) is 0 Å². The molecule has 0 fully saturated rings. The second-order valence-electron chi connectivity index (χ2n) is 3.43. The van der Waals surface area contributed by atoms with Crippen LogP contribution < -0.4 is 5.73 Å². The van der Waals surface area contributed by atoms with Crippen LogP contribution in [0.1, 0.15) is 17.1 Å². The van der Waals surface area contributed by atoms with Crippen molar-refractivity contribution in [3.63, 3.8) is 0 Å². The number of hydrogen-bond donors (Lipinski definition) is 2. The largest absolute Gasteiger partial charge is 0.382 e. The van der Waals surface area contributed by atoms with Crippen LogP contribution in [-0.4, -0.2) is 25.4 Å². The van der Waals surface area contributed by atoms with Crippen molar-refractivity contribution in [1.82, 2.24) is 19.5 Å². The molecule has 16 heavy (non-hydrogen) atoms. The average Bonchev–Trinajstić information content (AvgIpc) is 2.60.